The lowest BCUT2D eigenvalue weighted by Crippen LogP contribution is -2.39. The molecule has 0 unspecified atom stereocenters. The lowest BCUT2D eigenvalue weighted by atomic mass is 10.1. The minimum absolute atomic E-state index is 0.176. The molecule has 1 saturated heterocycles. The summed E-state index contributed by atoms with van der Waals surface area (Å²) in [5, 5.41) is 2.42. The topological polar surface area (TPSA) is 96.4 Å². The van der Waals surface area contributed by atoms with Crippen LogP contribution in [0.25, 0.3) is 0 Å². The maximum atomic E-state index is 13.4. The highest BCUT2D eigenvalue weighted by molar-refractivity contribution is 7.92. The molecule has 0 radical (unpaired) electrons. The molecule has 4 rings (SSSR count). The second kappa shape index (κ2) is 11.5. The average molecular weight is 549 g/mol. The molecule has 0 saturated carbocycles. The summed E-state index contributed by atoms with van der Waals surface area (Å²) in [6.07, 6.45) is 1.61. The molecule has 0 aliphatic carbocycles. The number of nitrogens with zero attached hydrogens (tertiary/aromatic N) is 2. The molecule has 2 aromatic carbocycles. The summed E-state index contributed by atoms with van der Waals surface area (Å²) in [7, 11) is 4.17. The van der Waals surface area contributed by atoms with Gasteiger partial charge in [-0.1, -0.05) is 0 Å². The number of hydrogen-bond acceptors (Lipinski definition) is 10. The highest BCUT2D eigenvalue weighted by atomic mass is 32.2. The Kier molecular flexibility index (Phi) is 8.33. The number of rotatable bonds is 10. The minimum atomic E-state index is -3.58. The standard InChI is InChI=1S/C26H32N2O7S2/c1-31-19-6-7-21(32-2)24(15-19)37(29,30)20-8-10-28(11-9-20)26-27-18(16-36-26)12-17-13-22(33-3)25(35-5)23(14-17)34-4/h6-7,13-16,20H,8-12H2,1-5H3. The molecule has 0 N–H and O–H groups in total. The van der Waals surface area contributed by atoms with Crippen molar-refractivity contribution < 1.29 is 32.1 Å². The maximum Gasteiger partial charge on any atom is 0.203 e. The fraction of sp³-hybridized carbons (Fsp3) is 0.423. The van der Waals surface area contributed by atoms with Crippen molar-refractivity contribution in [3.05, 3.63) is 47.0 Å². The van der Waals surface area contributed by atoms with E-state index in [2.05, 4.69) is 4.90 Å². The second-order valence-corrected chi connectivity index (χ2v) is 11.6. The quantitative estimate of drug-likeness (QED) is 0.369. The van der Waals surface area contributed by atoms with Crippen molar-refractivity contribution in [2.24, 2.45) is 0 Å². The van der Waals surface area contributed by atoms with E-state index in [4.69, 9.17) is 28.7 Å². The molecule has 9 nitrogen and oxygen atoms in total. The highest BCUT2D eigenvalue weighted by Crippen LogP contribution is 2.39. The Hall–Kier alpha value is -3.18. The molecule has 11 heteroatoms. The number of thiazole rings is 1. The monoisotopic (exact) mass is 548 g/mol. The van der Waals surface area contributed by atoms with Gasteiger partial charge in [-0.3, -0.25) is 0 Å². The fourth-order valence-electron chi connectivity index (χ4n) is 4.51. The first-order chi connectivity index (χ1) is 17.8. The summed E-state index contributed by atoms with van der Waals surface area (Å²) < 4.78 is 53.8. The zero-order valence-electron chi connectivity index (χ0n) is 21.6. The highest BCUT2D eigenvalue weighted by Gasteiger charge is 2.34. The van der Waals surface area contributed by atoms with E-state index in [1.165, 1.54) is 20.3 Å². The predicted molar refractivity (Wildman–Crippen MR) is 143 cm³/mol. The Morgan fingerprint density at radius 2 is 1.54 bits per heavy atom. The van der Waals surface area contributed by atoms with E-state index in [-0.39, 0.29) is 4.90 Å². The smallest absolute Gasteiger partial charge is 0.203 e. The minimum Gasteiger partial charge on any atom is -0.497 e. The molecular weight excluding hydrogens is 516 g/mol. The van der Waals surface area contributed by atoms with Crippen LogP contribution in [0, 0.1) is 0 Å². The number of ether oxygens (including phenoxy) is 5. The third-order valence-corrected chi connectivity index (χ3v) is 9.71. The largest absolute Gasteiger partial charge is 0.497 e. The van der Waals surface area contributed by atoms with Crippen LogP contribution in [0.15, 0.2) is 40.6 Å². The van der Waals surface area contributed by atoms with E-state index >= 15 is 0 Å². The Morgan fingerprint density at radius 3 is 2.11 bits per heavy atom. The van der Waals surface area contributed by atoms with E-state index in [1.54, 1.807) is 44.8 Å². The Labute approximate surface area is 221 Å². The molecule has 0 amide bonds. The van der Waals surface area contributed by atoms with Crippen molar-refractivity contribution in [1.29, 1.82) is 0 Å². The normalized spacial score (nSPS) is 14.4. The van der Waals surface area contributed by atoms with Crippen LogP contribution in [0.4, 0.5) is 5.13 Å². The molecule has 0 spiro atoms. The van der Waals surface area contributed by atoms with Crippen LogP contribution in [0.5, 0.6) is 28.7 Å². The van der Waals surface area contributed by atoms with Crippen LogP contribution in [0.2, 0.25) is 0 Å². The second-order valence-electron chi connectivity index (χ2n) is 8.58. The third kappa shape index (κ3) is 5.57. The number of anilines is 1. The number of piperidine rings is 1. The van der Waals surface area contributed by atoms with Gasteiger partial charge in [-0.05, 0) is 42.7 Å². The first-order valence-corrected chi connectivity index (χ1v) is 14.2. The predicted octanol–water partition coefficient (Wildman–Crippen LogP) is 4.22. The van der Waals surface area contributed by atoms with Crippen LogP contribution in [-0.4, -0.2) is 67.3 Å². The summed E-state index contributed by atoms with van der Waals surface area (Å²) in [5.41, 5.74) is 1.91. The van der Waals surface area contributed by atoms with Gasteiger partial charge >= 0.3 is 0 Å². The van der Waals surface area contributed by atoms with Crippen molar-refractivity contribution in [3.63, 3.8) is 0 Å². The number of hydrogen-bond donors (Lipinski definition) is 0. The van der Waals surface area contributed by atoms with Crippen LogP contribution < -0.4 is 28.6 Å². The van der Waals surface area contributed by atoms with E-state index < -0.39 is 15.1 Å². The molecule has 1 aliphatic rings. The van der Waals surface area contributed by atoms with Gasteiger partial charge in [0.15, 0.2) is 26.5 Å². The van der Waals surface area contributed by atoms with Crippen LogP contribution in [0.1, 0.15) is 24.1 Å². The SMILES string of the molecule is COc1ccc(OC)c(S(=O)(=O)C2CCN(c3nc(Cc4cc(OC)c(OC)c(OC)c4)cs3)CC2)c1. The van der Waals surface area contributed by atoms with Crippen LogP contribution in [-0.2, 0) is 16.3 Å². The van der Waals surface area contributed by atoms with E-state index in [1.807, 2.05) is 17.5 Å². The lowest BCUT2D eigenvalue weighted by Gasteiger charge is -2.31. The van der Waals surface area contributed by atoms with Gasteiger partial charge in [-0.25, -0.2) is 13.4 Å². The van der Waals surface area contributed by atoms with Gasteiger partial charge in [0.25, 0.3) is 0 Å². The molecule has 1 aliphatic heterocycles. The molecule has 200 valence electrons. The number of aromatic nitrogens is 1. The first-order valence-electron chi connectivity index (χ1n) is 11.8. The Morgan fingerprint density at radius 1 is 0.892 bits per heavy atom. The molecule has 1 fully saturated rings. The summed E-state index contributed by atoms with van der Waals surface area (Å²) in [6.45, 7) is 1.21. The Balaban J connectivity index is 1.45. The van der Waals surface area contributed by atoms with Gasteiger partial charge in [0.05, 0.1) is 46.5 Å². The van der Waals surface area contributed by atoms with E-state index in [0.29, 0.717) is 61.1 Å². The van der Waals surface area contributed by atoms with Crippen molar-refractivity contribution >= 4 is 26.3 Å². The number of methoxy groups -OCH3 is 5. The maximum absolute atomic E-state index is 13.4. The van der Waals surface area contributed by atoms with Crippen LogP contribution >= 0.6 is 11.3 Å². The molecule has 1 aromatic heterocycles. The molecule has 3 aromatic rings. The summed E-state index contributed by atoms with van der Waals surface area (Å²) >= 11 is 1.56. The number of sulfone groups is 1. The zero-order valence-corrected chi connectivity index (χ0v) is 23.3. The summed E-state index contributed by atoms with van der Waals surface area (Å²) in [5.74, 6) is 2.57. The Bertz CT molecular complexity index is 1310. The van der Waals surface area contributed by atoms with Gasteiger partial charge in [0.1, 0.15) is 16.4 Å². The molecule has 0 atom stereocenters. The van der Waals surface area contributed by atoms with Crippen molar-refractivity contribution in [2.75, 3.05) is 53.5 Å². The van der Waals surface area contributed by atoms with Crippen LogP contribution in [0.3, 0.4) is 0 Å². The average Bonchev–Trinajstić information content (AvgIpc) is 3.40. The third-order valence-electron chi connectivity index (χ3n) is 6.48. The van der Waals surface area contributed by atoms with Gasteiger partial charge in [-0.15, -0.1) is 11.3 Å². The van der Waals surface area contributed by atoms with Gasteiger partial charge in [-0.2, -0.15) is 0 Å². The molecule has 0 bridgehead atoms. The van der Waals surface area contributed by atoms with E-state index in [9.17, 15) is 8.42 Å². The zero-order chi connectivity index (χ0) is 26.6. The van der Waals surface area contributed by atoms with Gasteiger partial charge < -0.3 is 28.6 Å². The van der Waals surface area contributed by atoms with Gasteiger partial charge in [0.2, 0.25) is 5.75 Å². The fourth-order valence-corrected chi connectivity index (χ4v) is 7.29. The lowest BCUT2D eigenvalue weighted by molar-refractivity contribution is 0.324. The molecular formula is C26H32N2O7S2. The molecule has 37 heavy (non-hydrogen) atoms. The summed E-state index contributed by atoms with van der Waals surface area (Å²) in [4.78, 5) is 7.15. The van der Waals surface area contributed by atoms with Gasteiger partial charge in [0, 0.05) is 31.0 Å². The molecule has 2 heterocycles. The summed E-state index contributed by atoms with van der Waals surface area (Å²) in [6, 6.07) is 8.70. The van der Waals surface area contributed by atoms with Crippen molar-refractivity contribution in [3.8, 4) is 28.7 Å². The van der Waals surface area contributed by atoms with Crippen molar-refractivity contribution in [2.45, 2.75) is 29.4 Å². The number of benzene rings is 2. The van der Waals surface area contributed by atoms with Crippen molar-refractivity contribution in [1.82, 2.24) is 4.98 Å². The first kappa shape index (κ1) is 26.9. The van der Waals surface area contributed by atoms with E-state index in [0.717, 1.165) is 16.4 Å².